The highest BCUT2D eigenvalue weighted by atomic mass is 35.5. The van der Waals surface area contributed by atoms with Gasteiger partial charge < -0.3 is 10.1 Å². The molecule has 1 aromatic carbocycles. The molecule has 0 bridgehead atoms. The second-order valence-electron chi connectivity index (χ2n) is 3.95. The summed E-state index contributed by atoms with van der Waals surface area (Å²) in [6, 6.07) is 5.78. The molecule has 1 rings (SSSR count). The largest absolute Gasteiger partial charge is 0.380 e. The molecule has 1 aromatic rings. The highest BCUT2D eigenvalue weighted by molar-refractivity contribution is 6.35. The average Bonchev–Trinajstić information content (AvgIpc) is 2.28. The zero-order chi connectivity index (χ0) is 12.7. The Balaban J connectivity index is 2.38. The molecule has 0 amide bonds. The Morgan fingerprint density at radius 1 is 1.29 bits per heavy atom. The van der Waals surface area contributed by atoms with Gasteiger partial charge in [-0.05, 0) is 31.0 Å². The van der Waals surface area contributed by atoms with Crippen LogP contribution in [0, 0.1) is 0 Å². The Morgan fingerprint density at radius 2 is 2.06 bits per heavy atom. The van der Waals surface area contributed by atoms with Crippen molar-refractivity contribution in [2.75, 3.05) is 19.8 Å². The van der Waals surface area contributed by atoms with Crippen LogP contribution in [0.2, 0.25) is 10.0 Å². The molecule has 96 valence electrons. The van der Waals surface area contributed by atoms with Gasteiger partial charge in [0, 0.05) is 29.2 Å². The summed E-state index contributed by atoms with van der Waals surface area (Å²) in [7, 11) is 0. The molecule has 4 heteroatoms. The van der Waals surface area contributed by atoms with Gasteiger partial charge in [-0.1, -0.05) is 36.2 Å². The summed E-state index contributed by atoms with van der Waals surface area (Å²) < 4.78 is 5.40. The molecular weight excluding hydrogens is 257 g/mol. The molecule has 0 aliphatic carbocycles. The van der Waals surface area contributed by atoms with Crippen molar-refractivity contribution in [2.45, 2.75) is 26.3 Å². The molecule has 2 nitrogen and oxygen atoms in total. The van der Waals surface area contributed by atoms with Gasteiger partial charge in [0.15, 0.2) is 0 Å². The van der Waals surface area contributed by atoms with E-state index in [1.807, 2.05) is 12.1 Å². The van der Waals surface area contributed by atoms with Crippen molar-refractivity contribution in [1.29, 1.82) is 0 Å². The summed E-state index contributed by atoms with van der Waals surface area (Å²) in [6.07, 6.45) is 1.05. The van der Waals surface area contributed by atoms with Gasteiger partial charge in [-0.15, -0.1) is 0 Å². The smallest absolute Gasteiger partial charge is 0.0591 e. The first-order valence-electron chi connectivity index (χ1n) is 5.91. The Bertz CT molecular complexity index is 344. The monoisotopic (exact) mass is 275 g/mol. The van der Waals surface area contributed by atoms with Crippen molar-refractivity contribution in [3.63, 3.8) is 0 Å². The summed E-state index contributed by atoms with van der Waals surface area (Å²) in [4.78, 5) is 0. The van der Waals surface area contributed by atoms with E-state index in [2.05, 4.69) is 19.2 Å². The van der Waals surface area contributed by atoms with Crippen LogP contribution in [0.25, 0.3) is 0 Å². The molecule has 0 saturated carbocycles. The molecule has 1 unspecified atom stereocenters. The van der Waals surface area contributed by atoms with Crippen molar-refractivity contribution in [1.82, 2.24) is 5.32 Å². The Hall–Kier alpha value is -0.280. The number of ether oxygens (including phenoxy) is 1. The van der Waals surface area contributed by atoms with Gasteiger partial charge in [0.25, 0.3) is 0 Å². The van der Waals surface area contributed by atoms with E-state index in [1.54, 1.807) is 6.07 Å². The summed E-state index contributed by atoms with van der Waals surface area (Å²) in [5.41, 5.74) is 1.06. The fraction of sp³-hybridized carbons (Fsp3) is 0.538. The Morgan fingerprint density at radius 3 is 2.71 bits per heavy atom. The maximum atomic E-state index is 6.13. The zero-order valence-electron chi connectivity index (χ0n) is 10.3. The maximum Gasteiger partial charge on any atom is 0.0591 e. The molecule has 0 heterocycles. The van der Waals surface area contributed by atoms with Crippen molar-refractivity contribution in [3.8, 4) is 0 Å². The fourth-order valence-electron chi connectivity index (χ4n) is 1.56. The lowest BCUT2D eigenvalue weighted by Gasteiger charge is -2.15. The molecule has 17 heavy (non-hydrogen) atoms. The molecule has 1 atom stereocenters. The predicted molar refractivity (Wildman–Crippen MR) is 74.0 cm³/mol. The number of rotatable bonds is 7. The second-order valence-corrected chi connectivity index (χ2v) is 4.80. The van der Waals surface area contributed by atoms with E-state index in [4.69, 9.17) is 27.9 Å². The van der Waals surface area contributed by atoms with Gasteiger partial charge in [0.2, 0.25) is 0 Å². The molecule has 1 N–H and O–H groups in total. The van der Waals surface area contributed by atoms with E-state index in [1.165, 1.54) is 0 Å². The van der Waals surface area contributed by atoms with Crippen LogP contribution in [0.5, 0.6) is 0 Å². The highest BCUT2D eigenvalue weighted by Crippen LogP contribution is 2.25. The third-order valence-electron chi connectivity index (χ3n) is 2.47. The third-order valence-corrected chi connectivity index (χ3v) is 3.04. The standard InChI is InChI=1S/C13H19Cl2NO/c1-3-7-17-8-6-16-10(2)12-5-4-11(14)9-13(12)15/h4-5,9-10,16H,3,6-8H2,1-2H3. The van der Waals surface area contributed by atoms with Crippen LogP contribution >= 0.6 is 23.2 Å². The molecular formula is C13H19Cl2NO. The van der Waals surface area contributed by atoms with Crippen LogP contribution in [0.15, 0.2) is 18.2 Å². The van der Waals surface area contributed by atoms with Gasteiger partial charge in [0.05, 0.1) is 6.61 Å². The van der Waals surface area contributed by atoms with Crippen molar-refractivity contribution < 1.29 is 4.74 Å². The Kier molecular flexibility index (Phi) is 6.90. The van der Waals surface area contributed by atoms with Gasteiger partial charge in [0.1, 0.15) is 0 Å². The first-order valence-corrected chi connectivity index (χ1v) is 6.66. The highest BCUT2D eigenvalue weighted by Gasteiger charge is 2.08. The number of halogens is 2. The molecule has 0 aliphatic rings. The lowest BCUT2D eigenvalue weighted by molar-refractivity contribution is 0.135. The van der Waals surface area contributed by atoms with Crippen molar-refractivity contribution in [2.24, 2.45) is 0 Å². The third kappa shape index (κ3) is 5.26. The maximum absolute atomic E-state index is 6.13. The van der Waals surface area contributed by atoms with E-state index < -0.39 is 0 Å². The van der Waals surface area contributed by atoms with Crippen LogP contribution in [0.3, 0.4) is 0 Å². The van der Waals surface area contributed by atoms with Crippen LogP contribution < -0.4 is 5.32 Å². The quantitative estimate of drug-likeness (QED) is 0.758. The molecule has 0 radical (unpaired) electrons. The summed E-state index contributed by atoms with van der Waals surface area (Å²) in [5, 5.41) is 4.73. The topological polar surface area (TPSA) is 21.3 Å². The molecule has 0 aromatic heterocycles. The minimum atomic E-state index is 0.199. The van der Waals surface area contributed by atoms with Crippen LogP contribution in [0.4, 0.5) is 0 Å². The summed E-state index contributed by atoms with van der Waals surface area (Å²) in [5.74, 6) is 0. The lowest BCUT2D eigenvalue weighted by atomic mass is 10.1. The second kappa shape index (κ2) is 7.93. The molecule has 0 saturated heterocycles. The van der Waals surface area contributed by atoms with Crippen molar-refractivity contribution >= 4 is 23.2 Å². The first-order chi connectivity index (χ1) is 8.15. The molecule has 0 spiro atoms. The first kappa shape index (κ1) is 14.8. The van der Waals surface area contributed by atoms with E-state index in [0.29, 0.717) is 10.0 Å². The van der Waals surface area contributed by atoms with E-state index in [9.17, 15) is 0 Å². The zero-order valence-corrected chi connectivity index (χ0v) is 11.8. The Labute approximate surface area is 113 Å². The van der Waals surface area contributed by atoms with Gasteiger partial charge in [-0.2, -0.15) is 0 Å². The van der Waals surface area contributed by atoms with Gasteiger partial charge in [-0.25, -0.2) is 0 Å². The SMILES string of the molecule is CCCOCCNC(C)c1ccc(Cl)cc1Cl. The number of nitrogens with one attached hydrogen (secondary N) is 1. The minimum Gasteiger partial charge on any atom is -0.380 e. The number of benzene rings is 1. The number of hydrogen-bond donors (Lipinski definition) is 1. The van der Waals surface area contributed by atoms with Crippen LogP contribution in [0.1, 0.15) is 31.9 Å². The molecule has 0 aliphatic heterocycles. The fourth-order valence-corrected chi connectivity index (χ4v) is 2.13. The van der Waals surface area contributed by atoms with Gasteiger partial charge in [-0.3, -0.25) is 0 Å². The predicted octanol–water partition coefficient (Wildman–Crippen LogP) is 4.07. The average molecular weight is 276 g/mol. The van der Waals surface area contributed by atoms with Crippen molar-refractivity contribution in [3.05, 3.63) is 33.8 Å². The summed E-state index contributed by atoms with van der Waals surface area (Å²) >= 11 is 12.0. The lowest BCUT2D eigenvalue weighted by Crippen LogP contribution is -2.23. The minimum absolute atomic E-state index is 0.199. The molecule has 0 fully saturated rings. The van der Waals surface area contributed by atoms with E-state index in [0.717, 1.165) is 31.7 Å². The summed E-state index contributed by atoms with van der Waals surface area (Å²) in [6.45, 7) is 6.54. The normalized spacial score (nSPS) is 12.7. The van der Waals surface area contributed by atoms with E-state index in [-0.39, 0.29) is 6.04 Å². The number of hydrogen-bond acceptors (Lipinski definition) is 2. The van der Waals surface area contributed by atoms with Gasteiger partial charge >= 0.3 is 0 Å². The van der Waals surface area contributed by atoms with E-state index >= 15 is 0 Å². The van der Waals surface area contributed by atoms with Crippen LogP contribution in [-0.2, 0) is 4.74 Å². The van der Waals surface area contributed by atoms with Crippen LogP contribution in [-0.4, -0.2) is 19.8 Å².